The molecule has 1 heterocycles. The highest BCUT2D eigenvalue weighted by Gasteiger charge is 2.06. The summed E-state index contributed by atoms with van der Waals surface area (Å²) in [5.74, 6) is 0.253. The van der Waals surface area contributed by atoms with Crippen LogP contribution < -0.4 is 5.32 Å². The van der Waals surface area contributed by atoms with Gasteiger partial charge in [-0.05, 0) is 23.8 Å². The Balaban J connectivity index is 2.27. The van der Waals surface area contributed by atoms with Crippen LogP contribution in [0.15, 0.2) is 37.0 Å². The number of rotatable bonds is 4. The van der Waals surface area contributed by atoms with Crippen molar-refractivity contribution in [2.75, 3.05) is 5.32 Å². The molecule has 1 aromatic carbocycles. The van der Waals surface area contributed by atoms with E-state index in [0.29, 0.717) is 5.57 Å². The van der Waals surface area contributed by atoms with E-state index < -0.39 is 0 Å². The monoisotopic (exact) mass is 252 g/mol. The smallest absolute Gasteiger partial charge is 0.216 e. The fourth-order valence-corrected chi connectivity index (χ4v) is 1.55. The van der Waals surface area contributed by atoms with E-state index >= 15 is 0 Å². The molecule has 0 unspecified atom stereocenters. The molecule has 2 aromatic rings. The summed E-state index contributed by atoms with van der Waals surface area (Å²) in [6.07, 6.45) is 1.55. The third-order valence-corrected chi connectivity index (χ3v) is 2.47. The Kier molecular flexibility index (Phi) is 3.69. The van der Waals surface area contributed by atoms with Gasteiger partial charge < -0.3 is 5.32 Å². The maximum Gasteiger partial charge on any atom is 0.216 e. The Morgan fingerprint density at radius 3 is 2.89 bits per heavy atom. The molecule has 0 aliphatic heterocycles. The molecule has 0 saturated carbocycles. The van der Waals surface area contributed by atoms with Gasteiger partial charge in [0, 0.05) is 17.5 Å². The summed E-state index contributed by atoms with van der Waals surface area (Å²) in [4.78, 5) is 0. The number of allylic oxidation sites excluding steroid dienone is 2. The van der Waals surface area contributed by atoms with Gasteiger partial charge in [-0.2, -0.15) is 10.5 Å². The second-order valence-corrected chi connectivity index (χ2v) is 3.88. The number of H-pyrrole nitrogens is 1. The van der Waals surface area contributed by atoms with Crippen LogP contribution in [0.1, 0.15) is 18.3 Å². The Hall–Kier alpha value is -2.94. The van der Waals surface area contributed by atoms with Gasteiger partial charge in [-0.3, -0.25) is 0 Å². The number of benzene rings is 1. The summed E-state index contributed by atoms with van der Waals surface area (Å²) in [6, 6.07) is 9.72. The lowest BCUT2D eigenvalue weighted by Gasteiger charge is -2.08. The highest BCUT2D eigenvalue weighted by Crippen LogP contribution is 2.22. The van der Waals surface area contributed by atoms with Crippen LogP contribution in [-0.2, 0) is 0 Å². The minimum absolute atomic E-state index is 0.253. The third kappa shape index (κ3) is 2.84. The quantitative estimate of drug-likeness (QED) is 0.814. The number of hydrogen-bond donors (Lipinski definition) is 2. The second kappa shape index (κ2) is 5.60. The first kappa shape index (κ1) is 12.5. The van der Waals surface area contributed by atoms with Gasteiger partial charge >= 0.3 is 0 Å². The van der Waals surface area contributed by atoms with E-state index in [1.807, 2.05) is 37.3 Å². The second-order valence-electron chi connectivity index (χ2n) is 3.88. The molecule has 0 aliphatic rings. The summed E-state index contributed by atoms with van der Waals surface area (Å²) in [5.41, 5.74) is 3.09. The normalized spacial score (nSPS) is 10.8. The van der Waals surface area contributed by atoms with Gasteiger partial charge in [-0.1, -0.05) is 24.8 Å². The first-order chi connectivity index (χ1) is 9.22. The van der Waals surface area contributed by atoms with Crippen LogP contribution in [-0.4, -0.2) is 20.6 Å². The van der Waals surface area contributed by atoms with Crippen LogP contribution in [0.5, 0.6) is 0 Å². The van der Waals surface area contributed by atoms with Crippen molar-refractivity contribution in [3.63, 3.8) is 0 Å². The highest BCUT2D eigenvalue weighted by molar-refractivity contribution is 5.78. The standard InChI is InChI=1S/C13H12N6/c1-9(2)11-5-3-4-6-12(11)15-8-10(7-14)13-16-18-19-17-13/h3-6,8,15H,1H2,2H3,(H,16,17,18,19). The molecule has 0 atom stereocenters. The number of nitriles is 1. The van der Waals surface area contributed by atoms with Crippen LogP contribution in [0.2, 0.25) is 0 Å². The van der Waals surface area contributed by atoms with E-state index in [-0.39, 0.29) is 5.82 Å². The lowest BCUT2D eigenvalue weighted by molar-refractivity contribution is 0.881. The lowest BCUT2D eigenvalue weighted by Crippen LogP contribution is -1.95. The van der Waals surface area contributed by atoms with E-state index in [1.165, 1.54) is 0 Å². The first-order valence-electron chi connectivity index (χ1n) is 5.58. The molecule has 6 heteroatoms. The molecular formula is C13H12N6. The van der Waals surface area contributed by atoms with Gasteiger partial charge in [0.05, 0.1) is 0 Å². The van der Waals surface area contributed by atoms with E-state index in [9.17, 15) is 0 Å². The van der Waals surface area contributed by atoms with Gasteiger partial charge in [-0.15, -0.1) is 10.2 Å². The van der Waals surface area contributed by atoms with Crippen molar-refractivity contribution in [2.24, 2.45) is 0 Å². The Morgan fingerprint density at radius 2 is 2.26 bits per heavy atom. The summed E-state index contributed by atoms with van der Waals surface area (Å²) in [5, 5.41) is 25.4. The molecule has 0 spiro atoms. The number of nitrogens with zero attached hydrogens (tertiary/aromatic N) is 4. The Bertz CT molecular complexity index is 648. The van der Waals surface area contributed by atoms with Crippen molar-refractivity contribution < 1.29 is 0 Å². The van der Waals surface area contributed by atoms with Gasteiger partial charge in [0.15, 0.2) is 0 Å². The van der Waals surface area contributed by atoms with Crippen LogP contribution in [0, 0.1) is 11.3 Å². The number of hydrogen-bond acceptors (Lipinski definition) is 5. The Labute approximate surface area is 110 Å². The molecule has 0 saturated heterocycles. The van der Waals surface area contributed by atoms with Gasteiger partial charge in [-0.25, -0.2) is 0 Å². The van der Waals surface area contributed by atoms with E-state index in [2.05, 4.69) is 32.5 Å². The zero-order chi connectivity index (χ0) is 13.7. The number of aromatic nitrogens is 4. The molecule has 94 valence electrons. The van der Waals surface area contributed by atoms with E-state index in [1.54, 1.807) is 6.20 Å². The van der Waals surface area contributed by atoms with Crippen LogP contribution in [0.25, 0.3) is 11.1 Å². The summed E-state index contributed by atoms with van der Waals surface area (Å²) >= 11 is 0. The van der Waals surface area contributed by atoms with Crippen LogP contribution in [0.3, 0.4) is 0 Å². The zero-order valence-corrected chi connectivity index (χ0v) is 10.4. The summed E-state index contributed by atoms with van der Waals surface area (Å²) in [7, 11) is 0. The van der Waals surface area contributed by atoms with Crippen LogP contribution in [0.4, 0.5) is 5.69 Å². The van der Waals surface area contributed by atoms with Crippen molar-refractivity contribution in [3.05, 3.63) is 48.4 Å². The topological polar surface area (TPSA) is 90.3 Å². The lowest BCUT2D eigenvalue weighted by atomic mass is 10.1. The molecule has 19 heavy (non-hydrogen) atoms. The minimum atomic E-state index is 0.253. The fraction of sp³-hybridized carbons (Fsp3) is 0.0769. The number of para-hydroxylation sites is 1. The minimum Gasteiger partial charge on any atom is -0.360 e. The fourth-order valence-electron chi connectivity index (χ4n) is 1.55. The summed E-state index contributed by atoms with van der Waals surface area (Å²) in [6.45, 7) is 5.84. The molecular weight excluding hydrogens is 240 g/mol. The Morgan fingerprint density at radius 1 is 1.47 bits per heavy atom. The SMILES string of the molecule is C=C(C)c1ccccc1NC=C(C#N)c1nn[nH]n1. The number of tetrazole rings is 1. The maximum absolute atomic E-state index is 9.06. The van der Waals surface area contributed by atoms with Crippen molar-refractivity contribution in [3.8, 4) is 6.07 Å². The molecule has 0 fully saturated rings. The van der Waals surface area contributed by atoms with Crippen molar-refractivity contribution in [1.29, 1.82) is 5.26 Å². The molecule has 2 N–H and O–H groups in total. The molecule has 6 nitrogen and oxygen atoms in total. The van der Waals surface area contributed by atoms with E-state index in [4.69, 9.17) is 5.26 Å². The van der Waals surface area contributed by atoms with Crippen molar-refractivity contribution in [1.82, 2.24) is 20.6 Å². The number of anilines is 1. The number of aromatic amines is 1. The largest absolute Gasteiger partial charge is 0.360 e. The number of nitrogens with one attached hydrogen (secondary N) is 2. The van der Waals surface area contributed by atoms with Gasteiger partial charge in [0.1, 0.15) is 11.6 Å². The zero-order valence-electron chi connectivity index (χ0n) is 10.4. The molecule has 0 aliphatic carbocycles. The average molecular weight is 252 g/mol. The highest BCUT2D eigenvalue weighted by atomic mass is 15.5. The van der Waals surface area contributed by atoms with Crippen molar-refractivity contribution in [2.45, 2.75) is 6.92 Å². The molecule has 1 aromatic heterocycles. The molecule has 0 amide bonds. The average Bonchev–Trinajstić information content (AvgIpc) is 2.94. The molecule has 0 bridgehead atoms. The van der Waals surface area contributed by atoms with Gasteiger partial charge in [0.2, 0.25) is 5.82 Å². The predicted octanol–water partition coefficient (Wildman–Crippen LogP) is 2.21. The molecule has 0 radical (unpaired) electrons. The molecule has 2 rings (SSSR count). The van der Waals surface area contributed by atoms with Gasteiger partial charge in [0.25, 0.3) is 0 Å². The summed E-state index contributed by atoms with van der Waals surface area (Å²) < 4.78 is 0. The van der Waals surface area contributed by atoms with Crippen molar-refractivity contribution >= 4 is 16.8 Å². The maximum atomic E-state index is 9.06. The first-order valence-corrected chi connectivity index (χ1v) is 5.58. The predicted molar refractivity (Wildman–Crippen MR) is 72.5 cm³/mol. The van der Waals surface area contributed by atoms with E-state index in [0.717, 1.165) is 16.8 Å². The van der Waals surface area contributed by atoms with Crippen LogP contribution >= 0.6 is 0 Å². The third-order valence-electron chi connectivity index (χ3n) is 2.47.